The molecule has 0 aromatic heterocycles. The Morgan fingerprint density at radius 3 is 2.82 bits per heavy atom. The zero-order chi connectivity index (χ0) is 12.8. The van der Waals surface area contributed by atoms with Crippen LogP contribution in [-0.2, 0) is 4.79 Å². The summed E-state index contributed by atoms with van der Waals surface area (Å²) in [4.78, 5) is 11.7. The number of hydrogen-bond acceptors (Lipinski definition) is 3. The number of hydrogen-bond donors (Lipinski definition) is 1. The van der Waals surface area contributed by atoms with Gasteiger partial charge < -0.3 is 5.11 Å². The Kier molecular flexibility index (Phi) is 5.65. The molecule has 1 rings (SSSR count). The molecule has 1 aromatic rings. The fourth-order valence-corrected chi connectivity index (χ4v) is 2.74. The summed E-state index contributed by atoms with van der Waals surface area (Å²) in [5.41, 5.74) is 0. The molecule has 0 saturated carbocycles. The highest BCUT2D eigenvalue weighted by Gasteiger charge is 2.13. The number of carbonyl (C=O) groups is 1. The SMILES string of the molecule is CC(=O)CC(O)CC(C)Sc1cccc(F)c1. The topological polar surface area (TPSA) is 37.3 Å². The first kappa shape index (κ1) is 14.2. The summed E-state index contributed by atoms with van der Waals surface area (Å²) < 4.78 is 12.9. The number of thioether (sulfide) groups is 1. The quantitative estimate of drug-likeness (QED) is 0.795. The number of aliphatic hydroxyl groups excluding tert-OH is 1. The van der Waals surface area contributed by atoms with E-state index in [2.05, 4.69) is 0 Å². The number of benzene rings is 1. The largest absolute Gasteiger partial charge is 0.393 e. The van der Waals surface area contributed by atoms with Gasteiger partial charge in [0.1, 0.15) is 11.6 Å². The van der Waals surface area contributed by atoms with Crippen molar-refractivity contribution >= 4 is 17.5 Å². The lowest BCUT2D eigenvalue weighted by molar-refractivity contribution is -0.118. The maximum absolute atomic E-state index is 12.9. The number of halogens is 1. The maximum Gasteiger partial charge on any atom is 0.132 e. The first-order valence-corrected chi connectivity index (χ1v) is 6.45. The minimum Gasteiger partial charge on any atom is -0.393 e. The van der Waals surface area contributed by atoms with E-state index in [4.69, 9.17) is 0 Å². The van der Waals surface area contributed by atoms with Crippen molar-refractivity contribution in [3.8, 4) is 0 Å². The summed E-state index contributed by atoms with van der Waals surface area (Å²) in [6, 6.07) is 6.37. The number of Topliss-reactive ketones (excluding diaryl/α,β-unsaturated/α-hetero) is 1. The van der Waals surface area contributed by atoms with E-state index in [9.17, 15) is 14.3 Å². The molecule has 0 amide bonds. The van der Waals surface area contributed by atoms with Crippen LogP contribution in [0.15, 0.2) is 29.2 Å². The van der Waals surface area contributed by atoms with Crippen LogP contribution in [-0.4, -0.2) is 22.2 Å². The van der Waals surface area contributed by atoms with Gasteiger partial charge in [-0.2, -0.15) is 0 Å². The Bertz CT molecular complexity index is 381. The van der Waals surface area contributed by atoms with Crippen LogP contribution in [0.4, 0.5) is 4.39 Å². The van der Waals surface area contributed by atoms with Gasteiger partial charge in [-0.05, 0) is 31.5 Å². The van der Waals surface area contributed by atoms with E-state index in [1.807, 2.05) is 13.0 Å². The first-order chi connectivity index (χ1) is 7.97. The van der Waals surface area contributed by atoms with Crippen molar-refractivity contribution < 1.29 is 14.3 Å². The predicted octanol–water partition coefficient (Wildman–Crippen LogP) is 3.04. The Morgan fingerprint density at radius 2 is 2.24 bits per heavy atom. The fraction of sp³-hybridized carbons (Fsp3) is 0.462. The summed E-state index contributed by atoms with van der Waals surface area (Å²) in [6.07, 6.45) is 0.109. The summed E-state index contributed by atoms with van der Waals surface area (Å²) in [7, 11) is 0. The highest BCUT2D eigenvalue weighted by molar-refractivity contribution is 7.99. The van der Waals surface area contributed by atoms with E-state index >= 15 is 0 Å². The molecule has 0 saturated heterocycles. The molecule has 1 aromatic carbocycles. The highest BCUT2D eigenvalue weighted by Crippen LogP contribution is 2.26. The van der Waals surface area contributed by atoms with Crippen LogP contribution in [0, 0.1) is 5.82 Å². The number of rotatable bonds is 6. The monoisotopic (exact) mass is 256 g/mol. The van der Waals surface area contributed by atoms with Gasteiger partial charge in [0, 0.05) is 16.6 Å². The van der Waals surface area contributed by atoms with Crippen LogP contribution < -0.4 is 0 Å². The summed E-state index contributed by atoms with van der Waals surface area (Å²) in [6.45, 7) is 3.42. The van der Waals surface area contributed by atoms with Gasteiger partial charge >= 0.3 is 0 Å². The smallest absolute Gasteiger partial charge is 0.132 e. The van der Waals surface area contributed by atoms with Crippen LogP contribution in [0.5, 0.6) is 0 Å². The molecule has 2 unspecified atom stereocenters. The van der Waals surface area contributed by atoms with Crippen LogP contribution >= 0.6 is 11.8 Å². The molecule has 17 heavy (non-hydrogen) atoms. The van der Waals surface area contributed by atoms with E-state index in [0.29, 0.717) is 6.42 Å². The molecular formula is C13H17FO2S. The molecule has 1 N–H and O–H groups in total. The second-order valence-electron chi connectivity index (χ2n) is 4.18. The lowest BCUT2D eigenvalue weighted by Crippen LogP contribution is -2.16. The normalized spacial score (nSPS) is 14.4. The fourth-order valence-electron chi connectivity index (χ4n) is 1.62. The van der Waals surface area contributed by atoms with Crippen molar-refractivity contribution in [2.24, 2.45) is 0 Å². The molecule has 0 bridgehead atoms. The number of aliphatic hydroxyl groups is 1. The van der Waals surface area contributed by atoms with Gasteiger partial charge in [0.2, 0.25) is 0 Å². The van der Waals surface area contributed by atoms with Crippen LogP contribution in [0.1, 0.15) is 26.7 Å². The zero-order valence-corrected chi connectivity index (χ0v) is 10.8. The van der Waals surface area contributed by atoms with Gasteiger partial charge in [0.05, 0.1) is 6.10 Å². The molecule has 0 radical (unpaired) electrons. The third-order valence-corrected chi connectivity index (χ3v) is 3.38. The van der Waals surface area contributed by atoms with Crippen LogP contribution in [0.25, 0.3) is 0 Å². The number of ketones is 1. The minimum absolute atomic E-state index is 0.0135. The molecule has 0 fully saturated rings. The minimum atomic E-state index is -0.608. The molecular weight excluding hydrogens is 239 g/mol. The molecule has 0 spiro atoms. The summed E-state index contributed by atoms with van der Waals surface area (Å²) in [5.74, 6) is -0.271. The van der Waals surface area contributed by atoms with Crippen molar-refractivity contribution in [2.45, 2.75) is 42.9 Å². The third-order valence-electron chi connectivity index (χ3n) is 2.26. The van der Waals surface area contributed by atoms with E-state index in [1.165, 1.54) is 30.8 Å². The van der Waals surface area contributed by atoms with E-state index < -0.39 is 6.10 Å². The van der Waals surface area contributed by atoms with Crippen molar-refractivity contribution in [1.82, 2.24) is 0 Å². The Hall–Kier alpha value is -0.870. The van der Waals surface area contributed by atoms with Crippen molar-refractivity contribution in [3.05, 3.63) is 30.1 Å². The Morgan fingerprint density at radius 1 is 1.53 bits per heavy atom. The van der Waals surface area contributed by atoms with Gasteiger partial charge in [0.15, 0.2) is 0 Å². The molecule has 94 valence electrons. The first-order valence-electron chi connectivity index (χ1n) is 5.57. The maximum atomic E-state index is 12.9. The predicted molar refractivity (Wildman–Crippen MR) is 67.6 cm³/mol. The molecule has 2 nitrogen and oxygen atoms in total. The molecule has 0 aliphatic heterocycles. The standard InChI is InChI=1S/C13H17FO2S/c1-9(15)6-12(16)7-10(2)17-13-5-3-4-11(14)8-13/h3-5,8,10,12,16H,6-7H2,1-2H3. The molecule has 0 aliphatic carbocycles. The van der Waals surface area contributed by atoms with Crippen LogP contribution in [0.3, 0.4) is 0 Å². The Balaban J connectivity index is 2.44. The molecule has 4 heteroatoms. The van der Waals surface area contributed by atoms with E-state index in [0.717, 1.165) is 4.90 Å². The number of carbonyl (C=O) groups excluding carboxylic acids is 1. The Labute approximate surface area is 105 Å². The lowest BCUT2D eigenvalue weighted by atomic mass is 10.1. The van der Waals surface area contributed by atoms with E-state index in [-0.39, 0.29) is 23.3 Å². The van der Waals surface area contributed by atoms with Crippen LogP contribution in [0.2, 0.25) is 0 Å². The van der Waals surface area contributed by atoms with Gasteiger partial charge in [-0.3, -0.25) is 4.79 Å². The van der Waals surface area contributed by atoms with Crippen molar-refractivity contribution in [2.75, 3.05) is 0 Å². The van der Waals surface area contributed by atoms with Gasteiger partial charge in [-0.15, -0.1) is 11.8 Å². The average Bonchev–Trinajstić information content (AvgIpc) is 2.14. The second kappa shape index (κ2) is 6.77. The highest BCUT2D eigenvalue weighted by atomic mass is 32.2. The summed E-state index contributed by atoms with van der Waals surface area (Å²) >= 11 is 1.50. The molecule has 0 aliphatic rings. The average molecular weight is 256 g/mol. The van der Waals surface area contributed by atoms with Gasteiger partial charge in [-0.25, -0.2) is 4.39 Å². The third kappa shape index (κ3) is 5.84. The van der Waals surface area contributed by atoms with Gasteiger partial charge in [-0.1, -0.05) is 13.0 Å². The van der Waals surface area contributed by atoms with Crippen molar-refractivity contribution in [1.29, 1.82) is 0 Å². The molecule has 0 heterocycles. The van der Waals surface area contributed by atoms with Gasteiger partial charge in [0.25, 0.3) is 0 Å². The zero-order valence-electron chi connectivity index (χ0n) is 10.0. The van der Waals surface area contributed by atoms with Crippen molar-refractivity contribution in [3.63, 3.8) is 0 Å². The molecule has 2 atom stereocenters. The summed E-state index contributed by atoms with van der Waals surface area (Å²) in [5, 5.41) is 9.76. The lowest BCUT2D eigenvalue weighted by Gasteiger charge is -2.15. The second-order valence-corrected chi connectivity index (χ2v) is 5.69. The van der Waals surface area contributed by atoms with E-state index in [1.54, 1.807) is 6.07 Å².